The monoisotopic (exact) mass is 207 g/mol. The highest BCUT2D eigenvalue weighted by Crippen LogP contribution is 2.47. The molecule has 1 fully saturated rings. The van der Waals surface area contributed by atoms with Crippen molar-refractivity contribution < 1.29 is 0 Å². The zero-order valence-corrected chi connectivity index (χ0v) is 9.79. The molecule has 1 aliphatic carbocycles. The summed E-state index contributed by atoms with van der Waals surface area (Å²) >= 11 is 0. The van der Waals surface area contributed by atoms with Gasteiger partial charge in [0.25, 0.3) is 0 Å². The number of imidazole rings is 1. The fraction of sp³-hybridized carbons (Fsp3) is 0.750. The molecule has 0 saturated heterocycles. The van der Waals surface area contributed by atoms with Crippen LogP contribution in [0.2, 0.25) is 0 Å². The maximum atomic E-state index is 4.17. The van der Waals surface area contributed by atoms with Crippen molar-refractivity contribution in [3.8, 4) is 0 Å². The number of nitrogens with zero attached hydrogens (tertiary/aromatic N) is 2. The Balaban J connectivity index is 1.78. The topological polar surface area (TPSA) is 29.9 Å². The molecule has 0 radical (unpaired) electrons. The van der Waals surface area contributed by atoms with E-state index in [4.69, 9.17) is 0 Å². The van der Waals surface area contributed by atoms with Crippen LogP contribution >= 0.6 is 0 Å². The summed E-state index contributed by atoms with van der Waals surface area (Å²) in [5.74, 6) is 0. The smallest absolute Gasteiger partial charge is 0.0948 e. The molecule has 0 atom stereocenters. The first-order valence-corrected chi connectivity index (χ1v) is 5.99. The fourth-order valence-electron chi connectivity index (χ4n) is 2.07. The molecule has 0 bridgehead atoms. The predicted octanol–water partition coefficient (Wildman–Crippen LogP) is 2.18. The molecule has 0 spiro atoms. The van der Waals surface area contributed by atoms with Gasteiger partial charge in [-0.05, 0) is 31.6 Å². The van der Waals surface area contributed by atoms with Gasteiger partial charge in [-0.15, -0.1) is 0 Å². The molecule has 2 rings (SSSR count). The number of hydrogen-bond acceptors (Lipinski definition) is 2. The lowest BCUT2D eigenvalue weighted by Gasteiger charge is -2.13. The van der Waals surface area contributed by atoms with Crippen molar-refractivity contribution in [3.05, 3.63) is 18.2 Å². The maximum Gasteiger partial charge on any atom is 0.0948 e. The average Bonchev–Trinajstić information content (AvgIpc) is 2.90. The summed E-state index contributed by atoms with van der Waals surface area (Å²) in [4.78, 5) is 4.17. The number of aryl methyl sites for hydroxylation is 1. The van der Waals surface area contributed by atoms with E-state index in [0.29, 0.717) is 5.41 Å². The third-order valence-electron chi connectivity index (χ3n) is 3.65. The Bertz CT molecular complexity index is 312. The first-order valence-electron chi connectivity index (χ1n) is 5.99. The second kappa shape index (κ2) is 4.35. The van der Waals surface area contributed by atoms with Gasteiger partial charge in [0.05, 0.1) is 12.0 Å². The van der Waals surface area contributed by atoms with Gasteiger partial charge in [0, 0.05) is 25.8 Å². The lowest BCUT2D eigenvalue weighted by molar-refractivity contribution is 0.439. The first-order chi connectivity index (χ1) is 7.29. The van der Waals surface area contributed by atoms with Crippen LogP contribution in [0.5, 0.6) is 0 Å². The van der Waals surface area contributed by atoms with Gasteiger partial charge in [-0.2, -0.15) is 0 Å². The lowest BCUT2D eigenvalue weighted by Crippen LogP contribution is -2.24. The van der Waals surface area contributed by atoms with Gasteiger partial charge in [0.15, 0.2) is 0 Å². The minimum atomic E-state index is 0.636. The van der Waals surface area contributed by atoms with Crippen LogP contribution in [0.3, 0.4) is 0 Å². The molecule has 3 heteroatoms. The van der Waals surface area contributed by atoms with Crippen molar-refractivity contribution in [3.63, 3.8) is 0 Å². The molecule has 1 heterocycles. The maximum absolute atomic E-state index is 4.17. The molecule has 15 heavy (non-hydrogen) atoms. The van der Waals surface area contributed by atoms with E-state index in [-0.39, 0.29) is 0 Å². The molecule has 1 aromatic heterocycles. The van der Waals surface area contributed by atoms with Gasteiger partial charge >= 0.3 is 0 Å². The highest BCUT2D eigenvalue weighted by atomic mass is 15.1. The van der Waals surface area contributed by atoms with E-state index in [1.165, 1.54) is 31.5 Å². The van der Waals surface area contributed by atoms with Crippen molar-refractivity contribution in [2.45, 2.75) is 46.2 Å². The second-order valence-corrected chi connectivity index (χ2v) is 4.63. The molecule has 1 aromatic rings. The van der Waals surface area contributed by atoms with Crippen LogP contribution in [-0.2, 0) is 13.1 Å². The Kier molecular flexibility index (Phi) is 3.10. The van der Waals surface area contributed by atoms with E-state index in [1.54, 1.807) is 0 Å². The zero-order chi connectivity index (χ0) is 10.7. The molecular weight excluding hydrogens is 186 g/mol. The molecule has 0 aromatic carbocycles. The Hall–Kier alpha value is -0.830. The van der Waals surface area contributed by atoms with Gasteiger partial charge < -0.3 is 9.88 Å². The van der Waals surface area contributed by atoms with E-state index in [0.717, 1.165) is 13.1 Å². The summed E-state index contributed by atoms with van der Waals surface area (Å²) in [6, 6.07) is 0. The Morgan fingerprint density at radius 3 is 2.87 bits per heavy atom. The fourth-order valence-corrected chi connectivity index (χ4v) is 2.07. The molecule has 84 valence electrons. The predicted molar refractivity (Wildman–Crippen MR) is 61.6 cm³/mol. The Morgan fingerprint density at radius 2 is 2.27 bits per heavy atom. The van der Waals surface area contributed by atoms with Crippen LogP contribution in [-0.4, -0.2) is 16.1 Å². The van der Waals surface area contributed by atoms with Crippen LogP contribution in [0, 0.1) is 5.41 Å². The summed E-state index contributed by atoms with van der Waals surface area (Å²) in [5, 5.41) is 3.56. The average molecular weight is 207 g/mol. The summed E-state index contributed by atoms with van der Waals surface area (Å²) in [7, 11) is 0. The zero-order valence-electron chi connectivity index (χ0n) is 9.79. The SMILES string of the molecule is CCn1cncc1CNCC1(CC)CC1. The minimum absolute atomic E-state index is 0.636. The largest absolute Gasteiger partial charge is 0.334 e. The van der Waals surface area contributed by atoms with E-state index in [1.807, 2.05) is 12.5 Å². The minimum Gasteiger partial charge on any atom is -0.334 e. The number of hydrogen-bond donors (Lipinski definition) is 1. The van der Waals surface area contributed by atoms with Crippen LogP contribution in [0.4, 0.5) is 0 Å². The lowest BCUT2D eigenvalue weighted by atomic mass is 10.0. The number of nitrogens with one attached hydrogen (secondary N) is 1. The van der Waals surface area contributed by atoms with Gasteiger partial charge in [-0.1, -0.05) is 6.92 Å². The Labute approximate surface area is 91.9 Å². The number of rotatable bonds is 6. The second-order valence-electron chi connectivity index (χ2n) is 4.63. The standard InChI is InChI=1S/C12H21N3/c1-3-12(5-6-12)9-13-7-11-8-14-10-15(11)4-2/h8,10,13H,3-7,9H2,1-2H3. The van der Waals surface area contributed by atoms with Gasteiger partial charge in [-0.3, -0.25) is 0 Å². The van der Waals surface area contributed by atoms with Crippen molar-refractivity contribution in [2.24, 2.45) is 5.41 Å². The van der Waals surface area contributed by atoms with Crippen molar-refractivity contribution in [1.29, 1.82) is 0 Å². The van der Waals surface area contributed by atoms with Crippen LogP contribution < -0.4 is 5.32 Å². The van der Waals surface area contributed by atoms with E-state index >= 15 is 0 Å². The Morgan fingerprint density at radius 1 is 1.47 bits per heavy atom. The summed E-state index contributed by atoms with van der Waals surface area (Å²) < 4.78 is 2.19. The molecule has 1 saturated carbocycles. The number of aromatic nitrogens is 2. The van der Waals surface area contributed by atoms with E-state index in [9.17, 15) is 0 Å². The third kappa shape index (κ3) is 2.40. The van der Waals surface area contributed by atoms with Crippen LogP contribution in [0.25, 0.3) is 0 Å². The van der Waals surface area contributed by atoms with Crippen molar-refractivity contribution in [2.75, 3.05) is 6.54 Å². The molecular formula is C12H21N3. The van der Waals surface area contributed by atoms with Crippen molar-refractivity contribution in [1.82, 2.24) is 14.9 Å². The van der Waals surface area contributed by atoms with Gasteiger partial charge in [0.2, 0.25) is 0 Å². The molecule has 0 amide bonds. The van der Waals surface area contributed by atoms with Crippen LogP contribution in [0.1, 0.15) is 38.8 Å². The summed E-state index contributed by atoms with van der Waals surface area (Å²) in [5.41, 5.74) is 1.93. The van der Waals surface area contributed by atoms with Gasteiger partial charge in [-0.25, -0.2) is 4.98 Å². The van der Waals surface area contributed by atoms with E-state index < -0.39 is 0 Å². The molecule has 3 nitrogen and oxygen atoms in total. The highest BCUT2D eigenvalue weighted by molar-refractivity contribution is 4.99. The third-order valence-corrected chi connectivity index (χ3v) is 3.65. The molecule has 0 unspecified atom stereocenters. The summed E-state index contributed by atoms with van der Waals surface area (Å²) in [6.07, 6.45) is 7.99. The quantitative estimate of drug-likeness (QED) is 0.775. The molecule has 1 N–H and O–H groups in total. The molecule has 0 aliphatic heterocycles. The normalized spacial score (nSPS) is 18.0. The molecule has 1 aliphatic rings. The first kappa shape index (κ1) is 10.7. The van der Waals surface area contributed by atoms with Crippen LogP contribution in [0.15, 0.2) is 12.5 Å². The van der Waals surface area contributed by atoms with Crippen molar-refractivity contribution >= 4 is 0 Å². The van der Waals surface area contributed by atoms with Gasteiger partial charge in [0.1, 0.15) is 0 Å². The van der Waals surface area contributed by atoms with E-state index in [2.05, 4.69) is 28.7 Å². The highest BCUT2D eigenvalue weighted by Gasteiger charge is 2.39. The summed E-state index contributed by atoms with van der Waals surface area (Å²) in [6.45, 7) is 7.58.